The molecule has 2 aromatic heterocycles. The van der Waals surface area contributed by atoms with Gasteiger partial charge in [-0.2, -0.15) is 0 Å². The highest BCUT2D eigenvalue weighted by Gasteiger charge is 2.30. The zero-order valence-electron chi connectivity index (χ0n) is 12.4. The van der Waals surface area contributed by atoms with Crippen LogP contribution in [0.5, 0.6) is 0 Å². The van der Waals surface area contributed by atoms with Gasteiger partial charge in [0.2, 0.25) is 0 Å². The van der Waals surface area contributed by atoms with Crippen molar-refractivity contribution < 1.29 is 4.79 Å². The first-order chi connectivity index (χ1) is 10.8. The molecule has 22 heavy (non-hydrogen) atoms. The van der Waals surface area contributed by atoms with Crippen LogP contribution in [-0.4, -0.2) is 26.9 Å². The van der Waals surface area contributed by atoms with E-state index in [1.807, 2.05) is 28.6 Å². The van der Waals surface area contributed by atoms with Gasteiger partial charge in [0, 0.05) is 30.5 Å². The molecule has 1 amide bonds. The number of thiazole rings is 1. The predicted octanol–water partition coefficient (Wildman–Crippen LogP) is 3.70. The first-order valence-corrected chi connectivity index (χ1v) is 8.45. The van der Waals surface area contributed by atoms with Crippen molar-refractivity contribution in [3.63, 3.8) is 0 Å². The second kappa shape index (κ2) is 5.25. The molecule has 0 saturated carbocycles. The van der Waals surface area contributed by atoms with E-state index >= 15 is 0 Å². The van der Waals surface area contributed by atoms with E-state index in [-0.39, 0.29) is 11.9 Å². The van der Waals surface area contributed by atoms with Gasteiger partial charge in [0.05, 0.1) is 21.8 Å². The van der Waals surface area contributed by atoms with E-state index in [9.17, 15) is 4.79 Å². The number of rotatable bonds is 2. The molecule has 0 N–H and O–H groups in total. The molecule has 0 saturated heterocycles. The molecule has 112 valence electrons. The quantitative estimate of drug-likeness (QED) is 0.723. The summed E-state index contributed by atoms with van der Waals surface area (Å²) in [6.45, 7) is 3.77. The Morgan fingerprint density at radius 1 is 1.36 bits per heavy atom. The lowest BCUT2D eigenvalue weighted by atomic mass is 10.0. The summed E-state index contributed by atoms with van der Waals surface area (Å²) in [6.07, 6.45) is 3.03. The van der Waals surface area contributed by atoms with Gasteiger partial charge in [-0.1, -0.05) is 6.92 Å². The van der Waals surface area contributed by atoms with Gasteiger partial charge in [-0.15, -0.1) is 11.3 Å². The predicted molar refractivity (Wildman–Crippen MR) is 88.1 cm³/mol. The Balaban J connectivity index is 1.69. The molecule has 0 radical (unpaired) electrons. The summed E-state index contributed by atoms with van der Waals surface area (Å²) in [6, 6.07) is 10.1. The fourth-order valence-electron chi connectivity index (χ4n) is 3.29. The lowest BCUT2D eigenvalue weighted by molar-refractivity contribution is 0.0618. The maximum Gasteiger partial charge on any atom is 0.254 e. The second-order valence-corrected chi connectivity index (χ2v) is 6.47. The van der Waals surface area contributed by atoms with Gasteiger partial charge in [0.25, 0.3) is 5.91 Å². The van der Waals surface area contributed by atoms with Crippen molar-refractivity contribution in [2.45, 2.75) is 25.9 Å². The zero-order chi connectivity index (χ0) is 15.1. The minimum absolute atomic E-state index is 0.120. The fraction of sp³-hybridized carbons (Fsp3) is 0.294. The summed E-state index contributed by atoms with van der Waals surface area (Å²) in [5.41, 5.74) is 4.78. The summed E-state index contributed by atoms with van der Waals surface area (Å²) >= 11 is 1.58. The number of nitrogens with zero attached hydrogens (tertiary/aromatic N) is 3. The molecule has 0 fully saturated rings. The van der Waals surface area contributed by atoms with Crippen LogP contribution in [0.2, 0.25) is 0 Å². The topological polar surface area (TPSA) is 38.1 Å². The molecule has 5 heteroatoms. The Hall–Kier alpha value is -2.14. The van der Waals surface area contributed by atoms with E-state index in [2.05, 4.69) is 34.8 Å². The van der Waals surface area contributed by atoms with E-state index < -0.39 is 0 Å². The third kappa shape index (κ3) is 2.04. The minimum Gasteiger partial charge on any atom is -0.348 e. The molecule has 1 unspecified atom stereocenters. The summed E-state index contributed by atoms with van der Waals surface area (Å²) in [4.78, 5) is 19.3. The number of hydrogen-bond donors (Lipinski definition) is 0. The van der Waals surface area contributed by atoms with E-state index in [4.69, 9.17) is 0 Å². The van der Waals surface area contributed by atoms with Gasteiger partial charge in [-0.25, -0.2) is 4.98 Å². The van der Waals surface area contributed by atoms with Crippen molar-refractivity contribution in [1.82, 2.24) is 14.5 Å². The number of carbonyl (C=O) groups excluding carboxylic acids is 1. The highest BCUT2D eigenvalue weighted by atomic mass is 32.1. The molecule has 0 aliphatic carbocycles. The number of hydrogen-bond acceptors (Lipinski definition) is 3. The van der Waals surface area contributed by atoms with Crippen LogP contribution in [0, 0.1) is 0 Å². The highest BCUT2D eigenvalue weighted by molar-refractivity contribution is 7.16. The molecule has 0 bridgehead atoms. The maximum atomic E-state index is 13.0. The lowest BCUT2D eigenvalue weighted by Gasteiger charge is -2.36. The molecule has 4 rings (SSSR count). The van der Waals surface area contributed by atoms with E-state index in [0.29, 0.717) is 0 Å². The van der Waals surface area contributed by atoms with Gasteiger partial charge in [-0.3, -0.25) is 4.79 Å². The molecule has 3 aromatic rings. The molecule has 3 heterocycles. The molecular weight excluding hydrogens is 294 g/mol. The van der Waals surface area contributed by atoms with Gasteiger partial charge in [0.1, 0.15) is 0 Å². The van der Waals surface area contributed by atoms with Gasteiger partial charge < -0.3 is 9.47 Å². The standard InChI is InChI=1S/C17H17N3OS/c1-2-14-15-4-3-7-19(15)8-9-20(14)17(21)12-5-6-13-16(10-12)22-11-18-13/h3-7,10-11,14H,2,8-9H2,1H3. The van der Waals surface area contributed by atoms with Crippen LogP contribution in [0.15, 0.2) is 42.0 Å². The largest absolute Gasteiger partial charge is 0.348 e. The second-order valence-electron chi connectivity index (χ2n) is 5.58. The van der Waals surface area contributed by atoms with Gasteiger partial charge in [0.15, 0.2) is 0 Å². The van der Waals surface area contributed by atoms with Crippen LogP contribution in [-0.2, 0) is 6.54 Å². The van der Waals surface area contributed by atoms with Crippen molar-refractivity contribution in [3.05, 3.63) is 53.3 Å². The molecule has 1 aliphatic heterocycles. The zero-order valence-corrected chi connectivity index (χ0v) is 13.2. The van der Waals surface area contributed by atoms with Crippen LogP contribution in [0.4, 0.5) is 0 Å². The average molecular weight is 311 g/mol. The maximum absolute atomic E-state index is 13.0. The Labute approximate surface area is 133 Å². The lowest BCUT2D eigenvalue weighted by Crippen LogP contribution is -2.41. The van der Waals surface area contributed by atoms with E-state index in [1.165, 1.54) is 5.69 Å². The van der Waals surface area contributed by atoms with Crippen LogP contribution >= 0.6 is 11.3 Å². The SMILES string of the molecule is CCC1c2cccn2CCN1C(=O)c1ccc2ncsc2c1. The first-order valence-electron chi connectivity index (χ1n) is 7.57. The Kier molecular flexibility index (Phi) is 3.22. The minimum atomic E-state index is 0.120. The number of carbonyl (C=O) groups is 1. The normalized spacial score (nSPS) is 17.7. The first kappa shape index (κ1) is 13.5. The molecule has 1 atom stereocenters. The van der Waals surface area contributed by atoms with E-state index in [1.54, 1.807) is 11.3 Å². The number of benzene rings is 1. The molecule has 0 spiro atoms. The molecular formula is C17H17N3OS. The van der Waals surface area contributed by atoms with E-state index in [0.717, 1.165) is 35.3 Å². The monoisotopic (exact) mass is 311 g/mol. The third-order valence-corrected chi connectivity index (χ3v) is 5.18. The number of aromatic nitrogens is 2. The van der Waals surface area contributed by atoms with Crippen LogP contribution in [0.3, 0.4) is 0 Å². The van der Waals surface area contributed by atoms with Crippen LogP contribution in [0.25, 0.3) is 10.2 Å². The summed E-state index contributed by atoms with van der Waals surface area (Å²) < 4.78 is 3.32. The van der Waals surface area contributed by atoms with Crippen molar-refractivity contribution in [3.8, 4) is 0 Å². The van der Waals surface area contributed by atoms with Crippen molar-refractivity contribution >= 4 is 27.5 Å². The third-order valence-electron chi connectivity index (χ3n) is 4.39. The summed E-state index contributed by atoms with van der Waals surface area (Å²) in [5, 5.41) is 0. The van der Waals surface area contributed by atoms with Crippen LogP contribution < -0.4 is 0 Å². The molecule has 1 aromatic carbocycles. The Morgan fingerprint density at radius 2 is 2.27 bits per heavy atom. The molecule has 4 nitrogen and oxygen atoms in total. The van der Waals surface area contributed by atoms with Crippen LogP contribution in [0.1, 0.15) is 35.4 Å². The highest BCUT2D eigenvalue weighted by Crippen LogP contribution is 2.30. The Bertz CT molecular complexity index is 835. The number of fused-ring (bicyclic) bond motifs is 2. The summed E-state index contributed by atoms with van der Waals surface area (Å²) in [7, 11) is 0. The van der Waals surface area contributed by atoms with Crippen molar-refractivity contribution in [1.29, 1.82) is 0 Å². The van der Waals surface area contributed by atoms with Gasteiger partial charge >= 0.3 is 0 Å². The van der Waals surface area contributed by atoms with Gasteiger partial charge in [-0.05, 0) is 36.8 Å². The average Bonchev–Trinajstić information content (AvgIpc) is 3.20. The van der Waals surface area contributed by atoms with Crippen molar-refractivity contribution in [2.24, 2.45) is 0 Å². The number of amides is 1. The molecule has 1 aliphatic rings. The van der Waals surface area contributed by atoms with Crippen molar-refractivity contribution in [2.75, 3.05) is 6.54 Å². The Morgan fingerprint density at radius 3 is 3.14 bits per heavy atom. The smallest absolute Gasteiger partial charge is 0.254 e. The summed E-state index contributed by atoms with van der Waals surface area (Å²) in [5.74, 6) is 0.120. The fourth-order valence-corrected chi connectivity index (χ4v) is 4.01.